The fourth-order valence-electron chi connectivity index (χ4n) is 3.47. The predicted molar refractivity (Wildman–Crippen MR) is 80.5 cm³/mol. The second-order valence-electron chi connectivity index (χ2n) is 6.64. The molecule has 0 bridgehead atoms. The molecule has 1 aliphatic heterocycles. The molecule has 116 valence electrons. The molecule has 4 nitrogen and oxygen atoms in total. The Kier molecular flexibility index (Phi) is 6.30. The largest absolute Gasteiger partial charge is 0.393 e. The highest BCUT2D eigenvalue weighted by atomic mass is 16.3. The number of nitrogens with zero attached hydrogens (tertiary/aromatic N) is 2. The van der Waals surface area contributed by atoms with Gasteiger partial charge in [0.25, 0.3) is 0 Å². The first-order valence-electron chi connectivity index (χ1n) is 8.29. The lowest BCUT2D eigenvalue weighted by atomic mass is 10.0. The van der Waals surface area contributed by atoms with Crippen LogP contribution in [0.25, 0.3) is 0 Å². The number of aliphatic hydroxyl groups excluding tert-OH is 1. The van der Waals surface area contributed by atoms with E-state index < -0.39 is 0 Å². The van der Waals surface area contributed by atoms with Gasteiger partial charge in [-0.15, -0.1) is 0 Å². The van der Waals surface area contributed by atoms with E-state index in [1.165, 1.54) is 38.5 Å². The van der Waals surface area contributed by atoms with Crippen molar-refractivity contribution in [1.29, 1.82) is 0 Å². The summed E-state index contributed by atoms with van der Waals surface area (Å²) in [5.41, 5.74) is 0. The van der Waals surface area contributed by atoms with Gasteiger partial charge in [-0.2, -0.15) is 0 Å². The van der Waals surface area contributed by atoms with Crippen LogP contribution in [0.1, 0.15) is 51.4 Å². The minimum absolute atomic E-state index is 0.205. The fraction of sp³-hybridized carbons (Fsp3) is 0.938. The molecular weight excluding hydrogens is 252 g/mol. The Hall–Kier alpha value is -0.610. The average molecular weight is 282 g/mol. The molecule has 1 heterocycles. The van der Waals surface area contributed by atoms with Crippen LogP contribution in [0, 0.1) is 5.92 Å². The number of hydrogen-bond donors (Lipinski definition) is 1. The molecule has 2 fully saturated rings. The van der Waals surface area contributed by atoms with Gasteiger partial charge >= 0.3 is 0 Å². The lowest BCUT2D eigenvalue weighted by molar-refractivity contribution is -0.134. The molecule has 2 rings (SSSR count). The summed E-state index contributed by atoms with van der Waals surface area (Å²) in [7, 11) is 2.05. The van der Waals surface area contributed by atoms with Gasteiger partial charge in [-0.3, -0.25) is 9.69 Å². The summed E-state index contributed by atoms with van der Waals surface area (Å²) in [6.45, 7) is 2.99. The third-order valence-electron chi connectivity index (χ3n) is 4.85. The minimum Gasteiger partial charge on any atom is -0.393 e. The second kappa shape index (κ2) is 7.99. The van der Waals surface area contributed by atoms with Crippen molar-refractivity contribution >= 4 is 5.91 Å². The Morgan fingerprint density at radius 3 is 2.50 bits per heavy atom. The number of rotatable bonds is 6. The molecule has 1 saturated heterocycles. The van der Waals surface area contributed by atoms with E-state index in [0.717, 1.165) is 38.4 Å². The first-order valence-corrected chi connectivity index (χ1v) is 8.29. The Bertz CT molecular complexity index is 295. The molecule has 0 spiro atoms. The number of amides is 1. The first kappa shape index (κ1) is 15.8. The lowest BCUT2D eigenvalue weighted by Gasteiger charge is -2.31. The summed E-state index contributed by atoms with van der Waals surface area (Å²) in [6, 6.07) is 0. The Morgan fingerprint density at radius 1 is 1.20 bits per heavy atom. The summed E-state index contributed by atoms with van der Waals surface area (Å²) in [4.78, 5) is 16.2. The molecule has 0 unspecified atom stereocenters. The van der Waals surface area contributed by atoms with Crippen molar-refractivity contribution in [3.8, 4) is 0 Å². The monoisotopic (exact) mass is 282 g/mol. The number of likely N-dealkylation sites (tertiary alicyclic amines) is 1. The van der Waals surface area contributed by atoms with Gasteiger partial charge in [0.1, 0.15) is 0 Å². The zero-order valence-corrected chi connectivity index (χ0v) is 12.9. The van der Waals surface area contributed by atoms with Crippen molar-refractivity contribution in [2.45, 2.75) is 57.5 Å². The molecule has 1 saturated carbocycles. The number of aliphatic hydroxyl groups is 1. The van der Waals surface area contributed by atoms with E-state index in [2.05, 4.69) is 4.90 Å². The maximum absolute atomic E-state index is 12.1. The van der Waals surface area contributed by atoms with E-state index in [1.807, 2.05) is 11.9 Å². The molecule has 1 aliphatic carbocycles. The third kappa shape index (κ3) is 5.06. The van der Waals surface area contributed by atoms with Crippen molar-refractivity contribution in [2.24, 2.45) is 5.92 Å². The van der Waals surface area contributed by atoms with Crippen LogP contribution in [0.4, 0.5) is 0 Å². The summed E-state index contributed by atoms with van der Waals surface area (Å²) < 4.78 is 0. The highest BCUT2D eigenvalue weighted by Gasteiger charge is 2.22. The van der Waals surface area contributed by atoms with Crippen LogP contribution >= 0.6 is 0 Å². The van der Waals surface area contributed by atoms with E-state index in [9.17, 15) is 9.90 Å². The van der Waals surface area contributed by atoms with Gasteiger partial charge < -0.3 is 10.0 Å². The summed E-state index contributed by atoms with van der Waals surface area (Å²) in [5.74, 6) is 1.17. The van der Waals surface area contributed by atoms with Crippen LogP contribution < -0.4 is 0 Å². The van der Waals surface area contributed by atoms with Crippen molar-refractivity contribution in [3.05, 3.63) is 0 Å². The number of carbonyl (C=O) groups excluding carboxylic acids is 1. The predicted octanol–water partition coefficient (Wildman–Crippen LogP) is 1.87. The summed E-state index contributed by atoms with van der Waals surface area (Å²) in [5, 5.41) is 9.46. The van der Waals surface area contributed by atoms with Crippen LogP contribution in [0.2, 0.25) is 0 Å². The molecule has 0 atom stereocenters. The second-order valence-corrected chi connectivity index (χ2v) is 6.64. The van der Waals surface area contributed by atoms with E-state index in [0.29, 0.717) is 6.54 Å². The molecule has 0 radical (unpaired) electrons. The van der Waals surface area contributed by atoms with Gasteiger partial charge in [-0.05, 0) is 45.2 Å². The van der Waals surface area contributed by atoms with Crippen LogP contribution in [0.3, 0.4) is 0 Å². The highest BCUT2D eigenvalue weighted by molar-refractivity contribution is 5.78. The molecule has 0 aromatic heterocycles. The van der Waals surface area contributed by atoms with Crippen molar-refractivity contribution in [1.82, 2.24) is 9.80 Å². The van der Waals surface area contributed by atoms with Crippen molar-refractivity contribution in [3.63, 3.8) is 0 Å². The van der Waals surface area contributed by atoms with E-state index in [4.69, 9.17) is 0 Å². The smallest absolute Gasteiger partial charge is 0.236 e. The normalized spacial score (nSPS) is 21.9. The van der Waals surface area contributed by atoms with Gasteiger partial charge in [0.2, 0.25) is 5.91 Å². The van der Waals surface area contributed by atoms with Crippen LogP contribution in [-0.2, 0) is 4.79 Å². The topological polar surface area (TPSA) is 43.8 Å². The SMILES string of the molecule is CN(CCCC1CCCC1)CC(=O)N1CCC(O)CC1. The summed E-state index contributed by atoms with van der Waals surface area (Å²) in [6.07, 6.45) is 9.47. The molecule has 1 amide bonds. The van der Waals surface area contributed by atoms with Gasteiger partial charge in [-0.25, -0.2) is 0 Å². The molecule has 20 heavy (non-hydrogen) atoms. The van der Waals surface area contributed by atoms with Crippen LogP contribution in [-0.4, -0.2) is 60.1 Å². The molecule has 2 aliphatic rings. The van der Waals surface area contributed by atoms with Crippen LogP contribution in [0.15, 0.2) is 0 Å². The Morgan fingerprint density at radius 2 is 1.85 bits per heavy atom. The number of piperidine rings is 1. The van der Waals surface area contributed by atoms with Gasteiger partial charge in [-0.1, -0.05) is 25.7 Å². The number of hydrogen-bond acceptors (Lipinski definition) is 3. The maximum Gasteiger partial charge on any atom is 0.236 e. The van der Waals surface area contributed by atoms with Gasteiger partial charge in [0.15, 0.2) is 0 Å². The molecule has 0 aromatic carbocycles. The first-order chi connectivity index (χ1) is 9.65. The lowest BCUT2D eigenvalue weighted by Crippen LogP contribution is -2.44. The molecule has 4 heteroatoms. The molecule has 0 aromatic rings. The van der Waals surface area contributed by atoms with E-state index in [1.54, 1.807) is 0 Å². The van der Waals surface area contributed by atoms with Crippen molar-refractivity contribution in [2.75, 3.05) is 33.2 Å². The average Bonchev–Trinajstić information content (AvgIpc) is 2.92. The molecular formula is C16H30N2O2. The van der Waals surface area contributed by atoms with Crippen LogP contribution in [0.5, 0.6) is 0 Å². The quantitative estimate of drug-likeness (QED) is 0.809. The van der Waals surface area contributed by atoms with Gasteiger partial charge in [0, 0.05) is 13.1 Å². The zero-order valence-electron chi connectivity index (χ0n) is 12.9. The molecule has 1 N–H and O–H groups in total. The maximum atomic E-state index is 12.1. The standard InChI is InChI=1S/C16H30N2O2/c1-17(10-4-7-14-5-2-3-6-14)13-16(20)18-11-8-15(19)9-12-18/h14-15,19H,2-13H2,1H3. The number of likely N-dealkylation sites (N-methyl/N-ethyl adjacent to an activating group) is 1. The summed E-state index contributed by atoms with van der Waals surface area (Å²) >= 11 is 0. The van der Waals surface area contributed by atoms with E-state index in [-0.39, 0.29) is 12.0 Å². The highest BCUT2D eigenvalue weighted by Crippen LogP contribution is 2.28. The van der Waals surface area contributed by atoms with Gasteiger partial charge in [0.05, 0.1) is 12.6 Å². The zero-order chi connectivity index (χ0) is 14.4. The fourth-order valence-corrected chi connectivity index (χ4v) is 3.47. The Balaban J connectivity index is 1.58. The van der Waals surface area contributed by atoms with E-state index >= 15 is 0 Å². The number of carbonyl (C=O) groups is 1. The Labute approximate surface area is 123 Å². The third-order valence-corrected chi connectivity index (χ3v) is 4.85. The van der Waals surface area contributed by atoms with Crippen molar-refractivity contribution < 1.29 is 9.90 Å². The minimum atomic E-state index is -0.205.